The molecule has 63 heavy (non-hydrogen) atoms. The Balaban J connectivity index is 0.000000237. The number of anilines is 2. The molecule has 0 saturated heterocycles. The first-order valence-electron chi connectivity index (χ1n) is 19.0. The molecule has 0 spiro atoms. The van der Waals surface area contributed by atoms with Crippen molar-refractivity contribution in [3.05, 3.63) is 118 Å². The summed E-state index contributed by atoms with van der Waals surface area (Å²) in [5.41, 5.74) is 17.2. The Morgan fingerprint density at radius 2 is 1.10 bits per heavy atom. The van der Waals surface area contributed by atoms with E-state index in [1.165, 1.54) is 49.5 Å². The Kier molecular flexibility index (Phi) is 16.6. The standard InChI is InChI=1S/C21H21ClFN5O3.C15H18N4O4.C6H5ClFN/c1-12(2)27(10-17(29)25-15-8-5-7-14(22)19(15)23)18(30)11-28-16-9-4-3-6-13(16)20(26-28)21(24)31;1-9(2)18(8-13(21)22)12(20)7-19-11-6-4-3-5-10(11)14(17-19)15(16)23;7-4-2-1-3-5(9)6(4)8/h3-9,12H,10-11H2,1-2H3,(H2,24,31)(H,25,29);3-6,9H,7-8H2,1-2H3,(H2,16,23)(H,21,22);1-3H,9H2. The lowest BCUT2D eigenvalue weighted by molar-refractivity contribution is -0.146. The molecule has 0 aliphatic heterocycles. The molecule has 2 aromatic heterocycles. The van der Waals surface area contributed by atoms with Crippen LogP contribution in [0.3, 0.4) is 0 Å². The number of halogens is 4. The summed E-state index contributed by atoms with van der Waals surface area (Å²) < 4.78 is 29.3. The van der Waals surface area contributed by atoms with Crippen LogP contribution >= 0.6 is 23.2 Å². The van der Waals surface area contributed by atoms with E-state index in [-0.39, 0.29) is 64.5 Å². The van der Waals surface area contributed by atoms with Crippen molar-refractivity contribution < 1.29 is 42.7 Å². The van der Waals surface area contributed by atoms with Gasteiger partial charge in [0, 0.05) is 22.9 Å². The predicted molar refractivity (Wildman–Crippen MR) is 234 cm³/mol. The Morgan fingerprint density at radius 1 is 0.667 bits per heavy atom. The average molecular weight is 910 g/mol. The lowest BCUT2D eigenvalue weighted by Crippen LogP contribution is -2.44. The first-order valence-corrected chi connectivity index (χ1v) is 19.7. The molecule has 6 rings (SSSR count). The van der Waals surface area contributed by atoms with Crippen LogP contribution in [-0.4, -0.2) is 95.1 Å². The minimum atomic E-state index is -1.09. The molecule has 0 aliphatic carbocycles. The topological polar surface area (TPSA) is 255 Å². The summed E-state index contributed by atoms with van der Waals surface area (Å²) in [4.78, 5) is 74.4. The molecule has 21 heteroatoms. The summed E-state index contributed by atoms with van der Waals surface area (Å²) in [6.45, 7) is 5.91. The van der Waals surface area contributed by atoms with E-state index in [0.717, 1.165) is 0 Å². The van der Waals surface area contributed by atoms with Crippen LogP contribution in [0.2, 0.25) is 10.0 Å². The van der Waals surface area contributed by atoms with Crippen LogP contribution in [0.15, 0.2) is 84.9 Å². The van der Waals surface area contributed by atoms with Crippen LogP contribution in [0.25, 0.3) is 21.8 Å². The number of carboxylic acid groups (broad SMARTS) is 1. The second-order valence-electron chi connectivity index (χ2n) is 14.2. The average Bonchev–Trinajstić information content (AvgIpc) is 3.78. The second-order valence-corrected chi connectivity index (χ2v) is 15.0. The maximum absolute atomic E-state index is 14.0. The van der Waals surface area contributed by atoms with Gasteiger partial charge in [-0.05, 0) is 64.1 Å². The van der Waals surface area contributed by atoms with E-state index < -0.39 is 53.7 Å². The number of hydrogen-bond acceptors (Lipinski definition) is 9. The van der Waals surface area contributed by atoms with Crippen LogP contribution in [-0.2, 0) is 32.3 Å². The van der Waals surface area contributed by atoms with Gasteiger partial charge in [-0.1, -0.05) is 71.7 Å². The van der Waals surface area contributed by atoms with Crippen molar-refractivity contribution in [1.82, 2.24) is 29.4 Å². The van der Waals surface area contributed by atoms with E-state index in [1.807, 2.05) is 0 Å². The zero-order chi connectivity index (χ0) is 46.7. The van der Waals surface area contributed by atoms with E-state index in [2.05, 4.69) is 15.5 Å². The van der Waals surface area contributed by atoms with E-state index in [1.54, 1.807) is 82.3 Å². The summed E-state index contributed by atoms with van der Waals surface area (Å²) in [5.74, 6) is -5.14. The number of para-hydroxylation sites is 2. The number of carboxylic acids is 1. The number of aliphatic carboxylic acids is 1. The van der Waals surface area contributed by atoms with Gasteiger partial charge in [0.1, 0.15) is 26.2 Å². The lowest BCUT2D eigenvalue weighted by Gasteiger charge is -2.26. The van der Waals surface area contributed by atoms with Crippen molar-refractivity contribution in [3.8, 4) is 0 Å². The third-order valence-electron chi connectivity index (χ3n) is 9.07. The summed E-state index contributed by atoms with van der Waals surface area (Å²) in [5, 5.41) is 20.6. The summed E-state index contributed by atoms with van der Waals surface area (Å²) in [6, 6.07) is 22.0. The number of nitrogens with two attached hydrogens (primary N) is 3. The predicted octanol–water partition coefficient (Wildman–Crippen LogP) is 5.32. The molecular weight excluding hydrogens is 865 g/mol. The number of carbonyl (C=O) groups excluding carboxylic acids is 5. The fraction of sp³-hybridized carbons (Fsp3) is 0.238. The molecule has 0 bridgehead atoms. The van der Waals surface area contributed by atoms with Gasteiger partial charge in [-0.2, -0.15) is 10.2 Å². The fourth-order valence-corrected chi connectivity index (χ4v) is 6.38. The molecule has 0 atom stereocenters. The van der Waals surface area contributed by atoms with E-state index in [4.69, 9.17) is 45.5 Å². The van der Waals surface area contributed by atoms with Gasteiger partial charge in [0.2, 0.25) is 17.7 Å². The molecule has 0 fully saturated rings. The van der Waals surface area contributed by atoms with E-state index >= 15 is 0 Å². The zero-order valence-corrected chi connectivity index (χ0v) is 35.9. The van der Waals surface area contributed by atoms with Crippen LogP contribution in [0.4, 0.5) is 20.2 Å². The molecule has 2 heterocycles. The normalized spacial score (nSPS) is 10.8. The van der Waals surface area contributed by atoms with Gasteiger partial charge in [0.25, 0.3) is 11.8 Å². The van der Waals surface area contributed by atoms with E-state index in [0.29, 0.717) is 21.8 Å². The van der Waals surface area contributed by atoms with Crippen molar-refractivity contribution in [2.24, 2.45) is 11.5 Å². The molecule has 0 radical (unpaired) electrons. The Morgan fingerprint density at radius 3 is 1.51 bits per heavy atom. The monoisotopic (exact) mass is 908 g/mol. The first kappa shape index (κ1) is 48.5. The summed E-state index contributed by atoms with van der Waals surface area (Å²) in [6.07, 6.45) is 0. The van der Waals surface area contributed by atoms with Gasteiger partial charge < -0.3 is 37.4 Å². The van der Waals surface area contributed by atoms with Gasteiger partial charge in [-0.3, -0.25) is 38.1 Å². The number of nitrogens with one attached hydrogen (secondary N) is 1. The van der Waals surface area contributed by atoms with E-state index in [9.17, 15) is 37.5 Å². The van der Waals surface area contributed by atoms with Crippen molar-refractivity contribution in [2.45, 2.75) is 52.9 Å². The number of nitrogen functional groups attached to an aromatic ring is 1. The van der Waals surface area contributed by atoms with Gasteiger partial charge >= 0.3 is 5.97 Å². The van der Waals surface area contributed by atoms with Crippen LogP contribution in [0, 0.1) is 11.6 Å². The maximum atomic E-state index is 14.0. The number of fused-ring (bicyclic) bond motifs is 2. The minimum absolute atomic E-state index is 0.0636. The number of benzene rings is 4. The molecule has 6 aromatic rings. The van der Waals surface area contributed by atoms with Gasteiger partial charge in [0.05, 0.1) is 32.5 Å². The fourth-order valence-electron chi connectivity index (χ4n) is 6.03. The van der Waals surface area contributed by atoms with Crippen LogP contribution in [0.5, 0.6) is 0 Å². The third-order valence-corrected chi connectivity index (χ3v) is 9.65. The quantitative estimate of drug-likeness (QED) is 0.0932. The number of carbonyl (C=O) groups is 6. The molecule has 8 N–H and O–H groups in total. The third kappa shape index (κ3) is 12.5. The number of nitrogens with zero attached hydrogens (tertiary/aromatic N) is 6. The van der Waals surface area contributed by atoms with Crippen molar-refractivity contribution in [3.63, 3.8) is 0 Å². The number of aromatic nitrogens is 4. The van der Waals surface area contributed by atoms with Crippen LogP contribution < -0.4 is 22.5 Å². The van der Waals surface area contributed by atoms with Gasteiger partial charge in [-0.15, -0.1) is 0 Å². The molecule has 4 aromatic carbocycles. The molecule has 0 unspecified atom stereocenters. The zero-order valence-electron chi connectivity index (χ0n) is 34.4. The smallest absolute Gasteiger partial charge is 0.323 e. The molecule has 5 amide bonds. The van der Waals surface area contributed by atoms with Crippen molar-refractivity contribution in [1.29, 1.82) is 0 Å². The van der Waals surface area contributed by atoms with Gasteiger partial charge in [0.15, 0.2) is 23.0 Å². The molecule has 0 aliphatic rings. The maximum Gasteiger partial charge on any atom is 0.323 e. The first-order chi connectivity index (χ1) is 29.7. The Hall–Kier alpha value is -7.12. The number of hydrogen-bond donors (Lipinski definition) is 5. The Labute approximate surface area is 369 Å². The second kappa shape index (κ2) is 21.6. The molecule has 17 nitrogen and oxygen atoms in total. The Bertz CT molecular complexity index is 2650. The van der Waals surface area contributed by atoms with Crippen molar-refractivity contribution in [2.75, 3.05) is 24.1 Å². The number of amides is 5. The highest BCUT2D eigenvalue weighted by molar-refractivity contribution is 6.31. The highest BCUT2D eigenvalue weighted by Gasteiger charge is 2.25. The highest BCUT2D eigenvalue weighted by Crippen LogP contribution is 2.23. The summed E-state index contributed by atoms with van der Waals surface area (Å²) in [7, 11) is 0. The number of primary amides is 2. The summed E-state index contributed by atoms with van der Waals surface area (Å²) >= 11 is 11.1. The molecule has 0 saturated carbocycles. The molecule has 332 valence electrons. The van der Waals surface area contributed by atoms with Crippen LogP contribution in [0.1, 0.15) is 48.7 Å². The largest absolute Gasteiger partial charge is 0.480 e. The van der Waals surface area contributed by atoms with Crippen molar-refractivity contribution >= 4 is 91.9 Å². The lowest BCUT2D eigenvalue weighted by atomic mass is 10.2. The van der Waals surface area contributed by atoms with Gasteiger partial charge in [-0.25, -0.2) is 8.78 Å². The molecular formula is C42H44Cl2F2N10O7. The highest BCUT2D eigenvalue weighted by atomic mass is 35.5. The minimum Gasteiger partial charge on any atom is -0.480 e. The number of rotatable bonds is 13. The SMILES string of the molecule is CC(C)N(CC(=O)Nc1cccc(Cl)c1F)C(=O)Cn1nc(C(N)=O)c2ccccc21.CC(C)N(CC(=O)O)C(=O)Cn1nc(C(N)=O)c2ccccc21.Nc1cccc(Cl)c1F.